The fourth-order valence-electron chi connectivity index (χ4n) is 2.16. The van der Waals surface area contributed by atoms with E-state index in [1.54, 1.807) is 18.3 Å². The summed E-state index contributed by atoms with van der Waals surface area (Å²) in [6, 6.07) is 6.95. The molecule has 2 aromatic rings. The maximum Gasteiger partial charge on any atom is 0.337 e. The first-order chi connectivity index (χ1) is 10.4. The Labute approximate surface area is 133 Å². The number of pyridine rings is 1. The molecular weight excluding hydrogens is 300 g/mol. The number of nitrogens with zero attached hydrogens (tertiary/aromatic N) is 1. The summed E-state index contributed by atoms with van der Waals surface area (Å²) in [5, 5.41) is 11.9. The number of carboxylic acids is 1. The SMILES string of the molecule is Cc1ccc(C[C@@H](C)NC(=O)c2ccc(C(=O)O)c(C)n2)s1. The van der Waals surface area contributed by atoms with Crippen molar-refractivity contribution in [3.63, 3.8) is 0 Å². The zero-order valence-corrected chi connectivity index (χ0v) is 13.5. The topological polar surface area (TPSA) is 79.3 Å². The molecule has 2 rings (SSSR count). The molecule has 0 unspecified atom stereocenters. The van der Waals surface area contributed by atoms with Gasteiger partial charge in [-0.3, -0.25) is 4.79 Å². The van der Waals surface area contributed by atoms with Gasteiger partial charge in [0, 0.05) is 22.2 Å². The second kappa shape index (κ2) is 6.70. The van der Waals surface area contributed by atoms with Gasteiger partial charge in [-0.25, -0.2) is 9.78 Å². The van der Waals surface area contributed by atoms with E-state index in [9.17, 15) is 9.59 Å². The highest BCUT2D eigenvalue weighted by molar-refractivity contribution is 7.11. The van der Waals surface area contributed by atoms with Crippen LogP contribution in [0, 0.1) is 13.8 Å². The van der Waals surface area contributed by atoms with E-state index in [0.29, 0.717) is 5.69 Å². The fourth-order valence-corrected chi connectivity index (χ4v) is 3.18. The standard InChI is InChI=1S/C16H18N2O3S/c1-9(8-12-5-4-10(2)22-12)17-15(19)14-7-6-13(16(20)21)11(3)18-14/h4-7,9H,8H2,1-3H3,(H,17,19)(H,20,21)/t9-/m1/s1. The number of hydrogen-bond donors (Lipinski definition) is 2. The number of rotatable bonds is 5. The Hall–Kier alpha value is -2.21. The lowest BCUT2D eigenvalue weighted by atomic mass is 10.1. The van der Waals surface area contributed by atoms with Crippen LogP contribution in [0.5, 0.6) is 0 Å². The van der Waals surface area contributed by atoms with Crippen molar-refractivity contribution in [2.45, 2.75) is 33.2 Å². The summed E-state index contributed by atoms with van der Waals surface area (Å²) in [5.41, 5.74) is 0.678. The molecule has 116 valence electrons. The Bertz CT molecular complexity index is 709. The molecule has 0 aliphatic carbocycles. The second-order valence-corrected chi connectivity index (χ2v) is 6.60. The van der Waals surface area contributed by atoms with Crippen molar-refractivity contribution in [1.29, 1.82) is 0 Å². The summed E-state index contributed by atoms with van der Waals surface area (Å²) in [6.07, 6.45) is 0.760. The molecule has 2 N–H and O–H groups in total. The number of thiophene rings is 1. The lowest BCUT2D eigenvalue weighted by molar-refractivity contribution is 0.0694. The summed E-state index contributed by atoms with van der Waals surface area (Å²) < 4.78 is 0. The van der Waals surface area contributed by atoms with Crippen LogP contribution in [-0.2, 0) is 6.42 Å². The lowest BCUT2D eigenvalue weighted by Gasteiger charge is -2.13. The number of carboxylic acid groups (broad SMARTS) is 1. The Balaban J connectivity index is 2.02. The molecule has 2 aromatic heterocycles. The normalized spacial score (nSPS) is 12.0. The van der Waals surface area contributed by atoms with E-state index in [-0.39, 0.29) is 23.2 Å². The highest BCUT2D eigenvalue weighted by Crippen LogP contribution is 2.17. The van der Waals surface area contributed by atoms with Crippen LogP contribution in [0.4, 0.5) is 0 Å². The van der Waals surface area contributed by atoms with Gasteiger partial charge in [0.1, 0.15) is 5.69 Å². The monoisotopic (exact) mass is 318 g/mol. The third-order valence-electron chi connectivity index (χ3n) is 3.23. The van der Waals surface area contributed by atoms with E-state index in [4.69, 9.17) is 5.11 Å². The molecule has 0 aliphatic heterocycles. The minimum atomic E-state index is -1.04. The van der Waals surface area contributed by atoms with Gasteiger partial charge in [0.15, 0.2) is 0 Å². The summed E-state index contributed by atoms with van der Waals surface area (Å²) in [6.45, 7) is 5.57. The molecule has 0 saturated carbocycles. The number of hydrogen-bond acceptors (Lipinski definition) is 4. The number of carbonyl (C=O) groups is 2. The quantitative estimate of drug-likeness (QED) is 0.888. The predicted octanol–water partition coefficient (Wildman–Crippen LogP) is 2.82. The van der Waals surface area contributed by atoms with Crippen molar-refractivity contribution in [3.8, 4) is 0 Å². The molecule has 0 aromatic carbocycles. The predicted molar refractivity (Wildman–Crippen MR) is 85.6 cm³/mol. The molecule has 6 heteroatoms. The average molecular weight is 318 g/mol. The maximum absolute atomic E-state index is 12.2. The van der Waals surface area contributed by atoms with Crippen molar-refractivity contribution in [1.82, 2.24) is 10.3 Å². The van der Waals surface area contributed by atoms with Gasteiger partial charge in [0.05, 0.1) is 11.3 Å². The summed E-state index contributed by atoms with van der Waals surface area (Å²) in [7, 11) is 0. The first kappa shape index (κ1) is 16.2. The molecule has 0 spiro atoms. The maximum atomic E-state index is 12.2. The first-order valence-electron chi connectivity index (χ1n) is 6.94. The first-order valence-corrected chi connectivity index (χ1v) is 7.75. The van der Waals surface area contributed by atoms with Crippen molar-refractivity contribution in [3.05, 3.63) is 51.0 Å². The van der Waals surface area contributed by atoms with E-state index in [1.165, 1.54) is 21.9 Å². The van der Waals surface area contributed by atoms with Gasteiger partial charge in [-0.2, -0.15) is 0 Å². The van der Waals surface area contributed by atoms with Gasteiger partial charge >= 0.3 is 5.97 Å². The summed E-state index contributed by atoms with van der Waals surface area (Å²) in [4.78, 5) is 29.6. The largest absolute Gasteiger partial charge is 0.478 e. The Kier molecular flexibility index (Phi) is 4.92. The van der Waals surface area contributed by atoms with Crippen LogP contribution in [0.3, 0.4) is 0 Å². The van der Waals surface area contributed by atoms with Gasteiger partial charge in [-0.15, -0.1) is 11.3 Å². The lowest BCUT2D eigenvalue weighted by Crippen LogP contribution is -2.34. The van der Waals surface area contributed by atoms with Gasteiger partial charge in [-0.05, 0) is 45.0 Å². The van der Waals surface area contributed by atoms with Gasteiger partial charge in [-0.1, -0.05) is 0 Å². The minimum absolute atomic E-state index is 0.0215. The third kappa shape index (κ3) is 3.92. The summed E-state index contributed by atoms with van der Waals surface area (Å²) in [5.74, 6) is -1.33. The number of aromatic nitrogens is 1. The molecular formula is C16H18N2O3S. The van der Waals surface area contributed by atoms with Crippen LogP contribution in [0.15, 0.2) is 24.3 Å². The van der Waals surface area contributed by atoms with Crippen LogP contribution in [0.1, 0.15) is 43.2 Å². The van der Waals surface area contributed by atoms with Crippen molar-refractivity contribution in [2.75, 3.05) is 0 Å². The number of nitrogens with one attached hydrogen (secondary N) is 1. The van der Waals surface area contributed by atoms with E-state index in [1.807, 2.05) is 13.8 Å². The van der Waals surface area contributed by atoms with Gasteiger partial charge in [0.25, 0.3) is 5.91 Å². The molecule has 0 aliphatic rings. The molecule has 0 bridgehead atoms. The van der Waals surface area contributed by atoms with Crippen molar-refractivity contribution >= 4 is 23.2 Å². The highest BCUT2D eigenvalue weighted by Gasteiger charge is 2.15. The Morgan fingerprint density at radius 2 is 2.00 bits per heavy atom. The highest BCUT2D eigenvalue weighted by atomic mass is 32.1. The minimum Gasteiger partial charge on any atom is -0.478 e. The number of aromatic carboxylic acids is 1. The number of carbonyl (C=O) groups excluding carboxylic acids is 1. The van der Waals surface area contributed by atoms with E-state index in [2.05, 4.69) is 22.4 Å². The molecule has 0 fully saturated rings. The zero-order chi connectivity index (χ0) is 16.3. The van der Waals surface area contributed by atoms with Gasteiger partial charge in [0.2, 0.25) is 0 Å². The molecule has 22 heavy (non-hydrogen) atoms. The molecule has 0 radical (unpaired) electrons. The van der Waals surface area contributed by atoms with Crippen LogP contribution in [0.25, 0.3) is 0 Å². The molecule has 5 nitrogen and oxygen atoms in total. The van der Waals surface area contributed by atoms with E-state index < -0.39 is 5.97 Å². The number of aryl methyl sites for hydroxylation is 2. The van der Waals surface area contributed by atoms with Crippen LogP contribution < -0.4 is 5.32 Å². The van der Waals surface area contributed by atoms with Crippen molar-refractivity contribution in [2.24, 2.45) is 0 Å². The molecule has 2 heterocycles. The fraction of sp³-hybridized carbons (Fsp3) is 0.312. The van der Waals surface area contributed by atoms with Crippen LogP contribution >= 0.6 is 11.3 Å². The Morgan fingerprint density at radius 1 is 1.27 bits per heavy atom. The van der Waals surface area contributed by atoms with E-state index in [0.717, 1.165) is 6.42 Å². The average Bonchev–Trinajstić information content (AvgIpc) is 2.83. The van der Waals surface area contributed by atoms with Gasteiger partial charge < -0.3 is 10.4 Å². The zero-order valence-electron chi connectivity index (χ0n) is 12.7. The third-order valence-corrected chi connectivity index (χ3v) is 4.25. The molecule has 1 atom stereocenters. The molecule has 1 amide bonds. The summed E-state index contributed by atoms with van der Waals surface area (Å²) >= 11 is 1.71. The van der Waals surface area contributed by atoms with E-state index >= 15 is 0 Å². The second-order valence-electron chi connectivity index (χ2n) is 5.23. The van der Waals surface area contributed by atoms with Crippen LogP contribution in [-0.4, -0.2) is 28.0 Å². The smallest absolute Gasteiger partial charge is 0.337 e. The van der Waals surface area contributed by atoms with Crippen molar-refractivity contribution < 1.29 is 14.7 Å². The van der Waals surface area contributed by atoms with Crippen LogP contribution in [0.2, 0.25) is 0 Å². The molecule has 0 saturated heterocycles. The number of amides is 1. The Morgan fingerprint density at radius 3 is 2.55 bits per heavy atom.